The third-order valence-electron chi connectivity index (χ3n) is 6.62. The van der Waals surface area contributed by atoms with Crippen LogP contribution in [0.3, 0.4) is 0 Å². The summed E-state index contributed by atoms with van der Waals surface area (Å²) in [6.45, 7) is 2.71. The molecular weight excluding hydrogens is 491 g/mol. The summed E-state index contributed by atoms with van der Waals surface area (Å²) in [5.41, 5.74) is 8.59. The largest absolute Gasteiger partial charge is 0.491 e. The fourth-order valence-electron chi connectivity index (χ4n) is 4.76. The lowest BCUT2D eigenvalue weighted by Gasteiger charge is -2.17. The summed E-state index contributed by atoms with van der Waals surface area (Å²) < 4.78 is 30.7. The van der Waals surface area contributed by atoms with Crippen molar-refractivity contribution in [2.45, 2.75) is 31.5 Å². The first-order valence-electron chi connectivity index (χ1n) is 12.3. The summed E-state index contributed by atoms with van der Waals surface area (Å²) in [4.78, 5) is 17.4. The number of imidazole rings is 1. The van der Waals surface area contributed by atoms with Gasteiger partial charge in [0.25, 0.3) is 0 Å². The van der Waals surface area contributed by atoms with E-state index in [9.17, 15) is 5.11 Å². The Kier molecular flexibility index (Phi) is 6.04. The van der Waals surface area contributed by atoms with Crippen molar-refractivity contribution in [3.05, 3.63) is 55.4 Å². The van der Waals surface area contributed by atoms with Crippen LogP contribution in [0.25, 0.3) is 33.2 Å². The Labute approximate surface area is 217 Å². The second kappa shape index (κ2) is 9.54. The maximum atomic E-state index is 15.4. The second-order valence-electron chi connectivity index (χ2n) is 9.22. The quantitative estimate of drug-likeness (QED) is 0.297. The second-order valence-corrected chi connectivity index (χ2v) is 9.22. The van der Waals surface area contributed by atoms with Crippen molar-refractivity contribution in [3.63, 3.8) is 0 Å². The summed E-state index contributed by atoms with van der Waals surface area (Å²) in [6, 6.07) is 9.40. The monoisotopic (exact) mass is 518 g/mol. The molecule has 38 heavy (non-hydrogen) atoms. The molecule has 1 saturated heterocycles. The average Bonchev–Trinajstić information content (AvgIpc) is 3.59. The van der Waals surface area contributed by atoms with Crippen molar-refractivity contribution in [3.8, 4) is 17.0 Å². The molecule has 0 bridgehead atoms. The van der Waals surface area contributed by atoms with Crippen LogP contribution in [0.15, 0.2) is 55.4 Å². The number of ether oxygens (including phenoxy) is 2. The molecule has 0 radical (unpaired) electrons. The smallest absolute Gasteiger partial charge is 0.173 e. The SMILES string of the molecule is CCNc1ccc2ccc(OC[C@H]3O[C@@H](n4cc(-c5cn(C)cn5)c5c(N)ncnc54)[C@@H](F)[C@@H]3O)cc2n1. The van der Waals surface area contributed by atoms with Crippen LogP contribution < -0.4 is 15.8 Å². The number of fused-ring (bicyclic) bond motifs is 2. The number of aliphatic hydroxyl groups is 1. The lowest BCUT2D eigenvalue weighted by atomic mass is 10.1. The maximum absolute atomic E-state index is 15.4. The summed E-state index contributed by atoms with van der Waals surface area (Å²) in [7, 11) is 1.85. The molecule has 5 heterocycles. The third kappa shape index (κ3) is 4.17. The molecule has 1 aromatic carbocycles. The van der Waals surface area contributed by atoms with Gasteiger partial charge in [-0.3, -0.25) is 0 Å². The van der Waals surface area contributed by atoms with Crippen LogP contribution in [0.5, 0.6) is 5.75 Å². The molecule has 5 aromatic rings. The highest BCUT2D eigenvalue weighted by Crippen LogP contribution is 2.39. The maximum Gasteiger partial charge on any atom is 0.173 e. The third-order valence-corrected chi connectivity index (χ3v) is 6.62. The van der Waals surface area contributed by atoms with Gasteiger partial charge in [0.1, 0.15) is 48.2 Å². The van der Waals surface area contributed by atoms with Gasteiger partial charge in [0, 0.05) is 43.0 Å². The van der Waals surface area contributed by atoms with E-state index >= 15 is 4.39 Å². The van der Waals surface area contributed by atoms with Gasteiger partial charge in [-0.2, -0.15) is 0 Å². The van der Waals surface area contributed by atoms with Gasteiger partial charge in [-0.15, -0.1) is 0 Å². The molecule has 4 atom stereocenters. The number of hydrogen-bond donors (Lipinski definition) is 3. The lowest BCUT2D eigenvalue weighted by Crippen LogP contribution is -2.32. The van der Waals surface area contributed by atoms with Gasteiger partial charge in [-0.25, -0.2) is 24.3 Å². The molecule has 0 amide bonds. The van der Waals surface area contributed by atoms with E-state index in [0.29, 0.717) is 28.0 Å². The minimum atomic E-state index is -1.73. The number of nitrogens with one attached hydrogen (secondary N) is 1. The Bertz CT molecular complexity index is 1620. The summed E-state index contributed by atoms with van der Waals surface area (Å²) in [5.74, 6) is 1.55. The van der Waals surface area contributed by atoms with Gasteiger partial charge < -0.3 is 34.8 Å². The zero-order chi connectivity index (χ0) is 26.4. The number of aryl methyl sites for hydroxylation is 1. The Morgan fingerprint density at radius 1 is 1.18 bits per heavy atom. The molecule has 1 aliphatic rings. The minimum absolute atomic E-state index is 0.0556. The van der Waals surface area contributed by atoms with Crippen molar-refractivity contribution >= 4 is 33.6 Å². The van der Waals surface area contributed by atoms with E-state index in [-0.39, 0.29) is 12.4 Å². The van der Waals surface area contributed by atoms with E-state index in [1.54, 1.807) is 29.2 Å². The van der Waals surface area contributed by atoms with E-state index in [0.717, 1.165) is 23.3 Å². The van der Waals surface area contributed by atoms with Crippen molar-refractivity contribution in [2.75, 3.05) is 24.2 Å². The number of alkyl halides is 1. The Morgan fingerprint density at radius 2 is 2.03 bits per heavy atom. The van der Waals surface area contributed by atoms with Gasteiger partial charge in [-0.1, -0.05) is 0 Å². The van der Waals surface area contributed by atoms with Crippen LogP contribution in [0.2, 0.25) is 0 Å². The number of anilines is 2. The first kappa shape index (κ1) is 24.1. The van der Waals surface area contributed by atoms with E-state index in [4.69, 9.17) is 15.2 Å². The fraction of sp³-hybridized carbons (Fsp3) is 0.308. The van der Waals surface area contributed by atoms with Gasteiger partial charge in [-0.05, 0) is 31.2 Å². The molecule has 4 aromatic heterocycles. The molecule has 0 unspecified atom stereocenters. The van der Waals surface area contributed by atoms with E-state index < -0.39 is 24.6 Å². The van der Waals surface area contributed by atoms with Crippen LogP contribution in [0, 0.1) is 0 Å². The molecule has 0 spiro atoms. The molecule has 12 heteroatoms. The molecule has 0 saturated carbocycles. The molecule has 4 N–H and O–H groups in total. The first-order valence-corrected chi connectivity index (χ1v) is 12.3. The van der Waals surface area contributed by atoms with E-state index in [1.807, 2.05) is 38.4 Å². The van der Waals surface area contributed by atoms with E-state index in [1.165, 1.54) is 10.9 Å². The van der Waals surface area contributed by atoms with Crippen LogP contribution in [0.4, 0.5) is 16.0 Å². The number of halogens is 1. The summed E-state index contributed by atoms with van der Waals surface area (Å²) >= 11 is 0. The summed E-state index contributed by atoms with van der Waals surface area (Å²) in [5, 5.41) is 15.4. The average molecular weight is 519 g/mol. The summed E-state index contributed by atoms with van der Waals surface area (Å²) in [6.07, 6.45) is 1.27. The number of rotatable bonds is 7. The van der Waals surface area contributed by atoms with Gasteiger partial charge in [0.15, 0.2) is 12.4 Å². The zero-order valence-electron chi connectivity index (χ0n) is 20.8. The highest BCUT2D eigenvalue weighted by atomic mass is 19.1. The zero-order valence-corrected chi connectivity index (χ0v) is 20.8. The Balaban J connectivity index is 1.25. The molecule has 0 aliphatic carbocycles. The topological polar surface area (TPSA) is 138 Å². The molecule has 11 nitrogen and oxygen atoms in total. The molecule has 1 aliphatic heterocycles. The first-order chi connectivity index (χ1) is 18.4. The van der Waals surface area contributed by atoms with Crippen molar-refractivity contribution in [2.24, 2.45) is 7.05 Å². The Hall–Kier alpha value is -4.29. The highest BCUT2D eigenvalue weighted by molar-refractivity contribution is 5.99. The van der Waals surface area contributed by atoms with Crippen LogP contribution in [0.1, 0.15) is 13.2 Å². The van der Waals surface area contributed by atoms with Crippen molar-refractivity contribution < 1.29 is 19.0 Å². The predicted octanol–water partition coefficient (Wildman–Crippen LogP) is 3.07. The number of pyridine rings is 1. The number of benzene rings is 1. The molecule has 196 valence electrons. The van der Waals surface area contributed by atoms with Crippen molar-refractivity contribution in [1.82, 2.24) is 29.1 Å². The number of aromatic nitrogens is 6. The fourth-order valence-corrected chi connectivity index (χ4v) is 4.76. The predicted molar refractivity (Wildman–Crippen MR) is 140 cm³/mol. The normalized spacial score (nSPS) is 21.4. The van der Waals surface area contributed by atoms with Crippen molar-refractivity contribution in [1.29, 1.82) is 0 Å². The van der Waals surface area contributed by atoms with E-state index in [2.05, 4.69) is 25.3 Å². The van der Waals surface area contributed by atoms with Crippen LogP contribution >= 0.6 is 0 Å². The highest BCUT2D eigenvalue weighted by Gasteiger charge is 2.46. The van der Waals surface area contributed by atoms with Crippen LogP contribution in [-0.2, 0) is 11.8 Å². The number of nitrogens with two attached hydrogens (primary N) is 1. The standard InChI is InChI=1S/C26H27FN8O3/c1-3-29-20-7-5-14-4-6-15(8-17(14)33-20)37-11-19-23(36)22(27)26(38-19)35-9-16(18-10-34(2)13-32-18)21-24(28)30-12-31-25(21)35/h4-10,12-13,19,22-23,26,36H,3,11H2,1-2H3,(H,29,33)(H2,28,30,31)/t19-,22+,23-,26-/m1/s1. The van der Waals surface area contributed by atoms with Crippen LogP contribution in [-0.4, -0.2) is 65.7 Å². The van der Waals surface area contributed by atoms with Gasteiger partial charge in [0.05, 0.1) is 22.9 Å². The molecule has 1 fully saturated rings. The van der Waals surface area contributed by atoms with Gasteiger partial charge >= 0.3 is 0 Å². The molecule has 6 rings (SSSR count). The number of hydrogen-bond acceptors (Lipinski definition) is 9. The Morgan fingerprint density at radius 3 is 2.82 bits per heavy atom. The number of nitrogen functional groups attached to an aromatic ring is 1. The number of aliphatic hydroxyl groups excluding tert-OH is 1. The van der Waals surface area contributed by atoms with Gasteiger partial charge in [0.2, 0.25) is 0 Å². The number of nitrogens with zero attached hydrogens (tertiary/aromatic N) is 6. The lowest BCUT2D eigenvalue weighted by molar-refractivity contribution is -0.0410. The minimum Gasteiger partial charge on any atom is -0.491 e. The molecular formula is C26H27FN8O3.